The van der Waals surface area contributed by atoms with Gasteiger partial charge in [0, 0.05) is 39.8 Å². The molecule has 2 N–H and O–H groups in total. The quantitative estimate of drug-likeness (QED) is 0.321. The number of amides is 1. The van der Waals surface area contributed by atoms with E-state index < -0.39 is 0 Å². The van der Waals surface area contributed by atoms with E-state index in [1.165, 1.54) is 10.6 Å². The van der Waals surface area contributed by atoms with Gasteiger partial charge in [-0.15, -0.1) is 35.3 Å². The van der Waals surface area contributed by atoms with Crippen LogP contribution in [0.25, 0.3) is 0 Å². The van der Waals surface area contributed by atoms with Crippen LogP contribution in [0.3, 0.4) is 0 Å². The molecule has 0 spiro atoms. The van der Waals surface area contributed by atoms with Crippen molar-refractivity contribution in [1.82, 2.24) is 15.5 Å². The summed E-state index contributed by atoms with van der Waals surface area (Å²) in [5, 5.41) is 10.4. The van der Waals surface area contributed by atoms with Gasteiger partial charge in [0.15, 0.2) is 5.96 Å². The molecule has 8 heteroatoms. The first-order valence-corrected chi connectivity index (χ1v) is 11.1. The van der Waals surface area contributed by atoms with Gasteiger partial charge < -0.3 is 20.4 Å². The van der Waals surface area contributed by atoms with Crippen molar-refractivity contribution < 1.29 is 4.79 Å². The van der Waals surface area contributed by atoms with Crippen LogP contribution in [0.2, 0.25) is 0 Å². The van der Waals surface area contributed by atoms with E-state index in [9.17, 15) is 4.79 Å². The van der Waals surface area contributed by atoms with E-state index in [-0.39, 0.29) is 36.4 Å². The summed E-state index contributed by atoms with van der Waals surface area (Å²) in [5.41, 5.74) is 1.29. The van der Waals surface area contributed by atoms with Crippen LogP contribution in [0, 0.1) is 0 Å². The lowest BCUT2D eigenvalue weighted by atomic mass is 10.1. The Bertz CT molecular complexity index is 774. The van der Waals surface area contributed by atoms with Crippen molar-refractivity contribution in [3.05, 3.63) is 53.4 Å². The van der Waals surface area contributed by atoms with Crippen molar-refractivity contribution >= 4 is 52.2 Å². The molecule has 1 aliphatic rings. The number of nitrogens with one attached hydrogen (secondary N) is 2. The summed E-state index contributed by atoms with van der Waals surface area (Å²) < 4.78 is 0. The van der Waals surface area contributed by atoms with Crippen molar-refractivity contribution in [1.29, 1.82) is 0 Å². The average Bonchev–Trinajstić information content (AvgIpc) is 3.27. The summed E-state index contributed by atoms with van der Waals surface area (Å²) in [6.45, 7) is 3.00. The fourth-order valence-corrected chi connectivity index (χ4v) is 4.08. The van der Waals surface area contributed by atoms with Gasteiger partial charge in [0.05, 0.1) is 5.00 Å². The Morgan fingerprint density at radius 3 is 2.53 bits per heavy atom. The fourth-order valence-electron chi connectivity index (χ4n) is 3.30. The zero-order valence-corrected chi connectivity index (χ0v) is 20.9. The molecule has 6 nitrogen and oxygen atoms in total. The number of anilines is 1. The maximum absolute atomic E-state index is 12.0. The van der Waals surface area contributed by atoms with Gasteiger partial charge in [-0.1, -0.05) is 30.3 Å². The van der Waals surface area contributed by atoms with Gasteiger partial charge in [0.2, 0.25) is 5.91 Å². The third-order valence-corrected chi connectivity index (χ3v) is 6.00. The highest BCUT2D eigenvalue weighted by molar-refractivity contribution is 14.0. The van der Waals surface area contributed by atoms with E-state index in [2.05, 4.69) is 62.3 Å². The molecule has 0 saturated carbocycles. The fraction of sp³-hybridized carbons (Fsp3) is 0.455. The van der Waals surface area contributed by atoms with Crippen LogP contribution in [0.5, 0.6) is 0 Å². The Hall–Kier alpha value is -1.81. The lowest BCUT2D eigenvalue weighted by Crippen LogP contribution is -2.49. The number of carbonyl (C=O) groups excluding carboxylic acids is 1. The summed E-state index contributed by atoms with van der Waals surface area (Å²) in [6, 6.07) is 15.0. The molecular weight excluding hydrogens is 509 g/mol. The Morgan fingerprint density at radius 2 is 1.90 bits per heavy atom. The number of likely N-dealkylation sites (N-methyl/N-ethyl adjacent to an activating group) is 1. The number of aliphatic imine (C=N–C) groups is 1. The molecule has 0 aliphatic carbocycles. The van der Waals surface area contributed by atoms with Gasteiger partial charge >= 0.3 is 0 Å². The predicted octanol–water partition coefficient (Wildman–Crippen LogP) is 3.20. The molecule has 1 aromatic carbocycles. The number of piperidine rings is 1. The zero-order valence-electron chi connectivity index (χ0n) is 17.7. The third-order valence-electron chi connectivity index (χ3n) is 5.07. The molecule has 1 saturated heterocycles. The van der Waals surface area contributed by atoms with Crippen LogP contribution in [0.4, 0.5) is 5.00 Å². The monoisotopic (exact) mass is 541 g/mol. The highest BCUT2D eigenvalue weighted by atomic mass is 127. The first kappa shape index (κ1) is 24.5. The van der Waals surface area contributed by atoms with E-state index in [1.54, 1.807) is 30.3 Å². The molecule has 2 heterocycles. The van der Waals surface area contributed by atoms with Crippen molar-refractivity contribution in [3.8, 4) is 0 Å². The van der Waals surface area contributed by atoms with Crippen LogP contribution in [0.1, 0.15) is 18.4 Å². The number of guanidine groups is 1. The van der Waals surface area contributed by atoms with Gasteiger partial charge in [-0.25, -0.2) is 4.99 Å². The van der Waals surface area contributed by atoms with Crippen LogP contribution < -0.4 is 15.5 Å². The smallest absolute Gasteiger partial charge is 0.243 e. The predicted molar refractivity (Wildman–Crippen MR) is 137 cm³/mol. The summed E-state index contributed by atoms with van der Waals surface area (Å²) in [7, 11) is 3.52. The van der Waals surface area contributed by atoms with Gasteiger partial charge in [0.25, 0.3) is 0 Å². The molecule has 164 valence electrons. The molecule has 2 aromatic rings. The molecule has 1 fully saturated rings. The summed E-state index contributed by atoms with van der Waals surface area (Å²) >= 11 is 1.79. The minimum atomic E-state index is 0. The Labute approximate surface area is 200 Å². The first-order valence-electron chi connectivity index (χ1n) is 10.2. The number of nitrogens with zero attached hydrogens (tertiary/aromatic N) is 3. The molecule has 0 bridgehead atoms. The zero-order chi connectivity index (χ0) is 20.5. The number of carbonyl (C=O) groups is 1. The van der Waals surface area contributed by atoms with Gasteiger partial charge in [-0.2, -0.15) is 0 Å². The van der Waals surface area contributed by atoms with Crippen LogP contribution in [-0.4, -0.2) is 63.1 Å². The molecule has 0 atom stereocenters. The molecule has 1 aliphatic heterocycles. The molecule has 1 aromatic heterocycles. The second-order valence-electron chi connectivity index (χ2n) is 7.47. The normalized spacial score (nSPS) is 14.7. The lowest BCUT2D eigenvalue weighted by Gasteiger charge is -2.33. The number of halogens is 1. The number of rotatable bonds is 7. The number of thiophene rings is 1. The summed E-state index contributed by atoms with van der Waals surface area (Å²) in [4.78, 5) is 20.5. The van der Waals surface area contributed by atoms with Crippen molar-refractivity contribution in [2.75, 3.05) is 45.2 Å². The van der Waals surface area contributed by atoms with Crippen molar-refractivity contribution in [2.24, 2.45) is 4.99 Å². The molecule has 3 rings (SSSR count). The number of benzene rings is 1. The minimum absolute atomic E-state index is 0. The van der Waals surface area contributed by atoms with Crippen LogP contribution >= 0.6 is 35.3 Å². The SMILES string of the molecule is CN(C)C(=O)CN=C(NCCc1ccccc1)NC1CCN(c2cccs2)CC1.I. The van der Waals surface area contributed by atoms with Crippen LogP contribution in [-0.2, 0) is 11.2 Å². The Balaban J connectivity index is 0.00000320. The third kappa shape index (κ3) is 7.79. The van der Waals surface area contributed by atoms with Crippen molar-refractivity contribution in [3.63, 3.8) is 0 Å². The molecular formula is C22H32IN5OS. The Morgan fingerprint density at radius 1 is 1.17 bits per heavy atom. The molecule has 0 radical (unpaired) electrons. The largest absolute Gasteiger partial charge is 0.363 e. The second kappa shape index (κ2) is 12.8. The van der Waals surface area contributed by atoms with E-state index in [1.807, 2.05) is 6.07 Å². The highest BCUT2D eigenvalue weighted by Crippen LogP contribution is 2.24. The highest BCUT2D eigenvalue weighted by Gasteiger charge is 2.21. The van der Waals surface area contributed by atoms with Gasteiger partial charge in [-0.05, 0) is 42.3 Å². The van der Waals surface area contributed by atoms with Crippen LogP contribution in [0.15, 0.2) is 52.8 Å². The summed E-state index contributed by atoms with van der Waals surface area (Å²) in [5.74, 6) is 0.729. The van der Waals surface area contributed by atoms with E-state index in [4.69, 9.17) is 0 Å². The van der Waals surface area contributed by atoms with Gasteiger partial charge in [0.1, 0.15) is 6.54 Å². The first-order chi connectivity index (χ1) is 14.1. The lowest BCUT2D eigenvalue weighted by molar-refractivity contribution is -0.127. The number of hydrogen-bond donors (Lipinski definition) is 2. The maximum atomic E-state index is 12.0. The van der Waals surface area contributed by atoms with Gasteiger partial charge in [-0.3, -0.25) is 4.79 Å². The van der Waals surface area contributed by atoms with Crippen molar-refractivity contribution in [2.45, 2.75) is 25.3 Å². The topological polar surface area (TPSA) is 60.0 Å². The van der Waals surface area contributed by atoms with E-state index in [0.717, 1.165) is 44.9 Å². The Kier molecular flexibility index (Phi) is 10.4. The average molecular weight is 542 g/mol. The summed E-state index contributed by atoms with van der Waals surface area (Å²) in [6.07, 6.45) is 3.03. The van der Waals surface area contributed by atoms with E-state index >= 15 is 0 Å². The number of hydrogen-bond acceptors (Lipinski definition) is 4. The molecule has 0 unspecified atom stereocenters. The minimum Gasteiger partial charge on any atom is -0.363 e. The standard InChI is InChI=1S/C22H31N5OS.HI/c1-26(2)20(28)17-24-22(23-13-10-18-7-4-3-5-8-18)25-19-11-14-27(15-12-19)21-9-6-16-29-21;/h3-9,16,19H,10-15,17H2,1-2H3,(H2,23,24,25);1H. The molecule has 30 heavy (non-hydrogen) atoms. The second-order valence-corrected chi connectivity index (χ2v) is 8.40. The molecule has 1 amide bonds. The van der Waals surface area contributed by atoms with E-state index in [0.29, 0.717) is 6.04 Å². The maximum Gasteiger partial charge on any atom is 0.243 e.